The minimum Gasteiger partial charge on any atom is -0.504 e. The van der Waals surface area contributed by atoms with Crippen molar-refractivity contribution in [2.24, 2.45) is 0 Å². The molecule has 13 nitrogen and oxygen atoms in total. The van der Waals surface area contributed by atoms with Gasteiger partial charge in [0, 0.05) is 44.4 Å². The summed E-state index contributed by atoms with van der Waals surface area (Å²) in [5.41, 5.74) is -0.107. The minimum absolute atomic E-state index is 0.0628. The topological polar surface area (TPSA) is 178 Å². The van der Waals surface area contributed by atoms with Crippen LogP contribution in [0.1, 0.15) is 59.5 Å². The Morgan fingerprint density at radius 3 is 1.88 bits per heavy atom. The van der Waals surface area contributed by atoms with Gasteiger partial charge in [-0.25, -0.2) is 0 Å². The molecule has 1 saturated heterocycles. The molecule has 0 radical (unpaired) electrons. The summed E-state index contributed by atoms with van der Waals surface area (Å²) in [6, 6.07) is 8.51. The third-order valence-corrected chi connectivity index (χ3v) is 6.21. The highest BCUT2D eigenvalue weighted by Gasteiger charge is 2.54. The van der Waals surface area contributed by atoms with Crippen molar-refractivity contribution >= 4 is 35.4 Å². The molecule has 2 aliphatic rings. The van der Waals surface area contributed by atoms with Crippen LogP contribution in [0.15, 0.2) is 36.4 Å². The molecule has 2 aromatic carbocycles. The normalized spacial score (nSPS) is 23.0. The number of carbonyl (C=O) groups excluding carboxylic acids is 6. The van der Waals surface area contributed by atoms with Crippen molar-refractivity contribution in [1.82, 2.24) is 0 Å². The number of carbonyl (C=O) groups is 6. The van der Waals surface area contributed by atoms with Crippen molar-refractivity contribution < 1.29 is 62.3 Å². The number of aromatic hydroxyl groups is 1. The van der Waals surface area contributed by atoms with E-state index in [9.17, 15) is 33.9 Å². The zero-order chi connectivity index (χ0) is 30.0. The maximum Gasteiger partial charge on any atom is 0.303 e. The van der Waals surface area contributed by atoms with Gasteiger partial charge in [-0.15, -0.1) is 0 Å². The van der Waals surface area contributed by atoms with E-state index < -0.39 is 84.3 Å². The molecule has 13 heteroatoms. The summed E-state index contributed by atoms with van der Waals surface area (Å²) in [5.74, 6) is -5.42. The molecular weight excluding hydrogens is 544 g/mol. The molecule has 5 atom stereocenters. The lowest BCUT2D eigenvalue weighted by Gasteiger charge is -2.44. The first-order valence-corrected chi connectivity index (χ1v) is 12.4. The molecule has 1 N–H and O–H groups in total. The molecule has 1 fully saturated rings. The molecular formula is C28H26O13. The van der Waals surface area contributed by atoms with E-state index in [0.717, 1.165) is 33.8 Å². The number of hydrogen-bond acceptors (Lipinski definition) is 13. The number of rotatable bonds is 7. The maximum absolute atomic E-state index is 13.5. The lowest BCUT2D eigenvalue weighted by atomic mass is 9.83. The van der Waals surface area contributed by atoms with E-state index in [1.165, 1.54) is 18.2 Å². The zero-order valence-electron chi connectivity index (χ0n) is 22.4. The molecule has 1 aliphatic carbocycles. The Morgan fingerprint density at radius 2 is 1.29 bits per heavy atom. The molecule has 0 bridgehead atoms. The zero-order valence-corrected chi connectivity index (χ0v) is 22.4. The smallest absolute Gasteiger partial charge is 0.303 e. The van der Waals surface area contributed by atoms with Crippen LogP contribution in [-0.4, -0.2) is 77.9 Å². The lowest BCUT2D eigenvalue weighted by Crippen LogP contribution is -2.63. The van der Waals surface area contributed by atoms with Crippen LogP contribution in [0.4, 0.5) is 0 Å². The Balaban J connectivity index is 1.82. The fraction of sp³-hybridized carbons (Fsp3) is 0.357. The molecule has 41 heavy (non-hydrogen) atoms. The van der Waals surface area contributed by atoms with Crippen molar-refractivity contribution in [2.75, 3.05) is 6.61 Å². The fourth-order valence-corrected chi connectivity index (χ4v) is 4.66. The highest BCUT2D eigenvalue weighted by atomic mass is 16.7. The van der Waals surface area contributed by atoms with E-state index in [-0.39, 0.29) is 22.3 Å². The van der Waals surface area contributed by atoms with Gasteiger partial charge < -0.3 is 33.5 Å². The highest BCUT2D eigenvalue weighted by molar-refractivity contribution is 6.29. The average Bonchev–Trinajstić information content (AvgIpc) is 2.89. The summed E-state index contributed by atoms with van der Waals surface area (Å²) < 4.78 is 32.9. The molecule has 2 aromatic rings. The predicted molar refractivity (Wildman–Crippen MR) is 134 cm³/mol. The van der Waals surface area contributed by atoms with Gasteiger partial charge in [-0.05, 0) is 12.1 Å². The molecule has 0 amide bonds. The van der Waals surface area contributed by atoms with E-state index in [1.54, 1.807) is 12.1 Å². The lowest BCUT2D eigenvalue weighted by molar-refractivity contribution is -0.288. The second-order valence-electron chi connectivity index (χ2n) is 9.23. The van der Waals surface area contributed by atoms with Crippen LogP contribution in [0, 0.1) is 0 Å². The minimum atomic E-state index is -1.73. The number of ether oxygens (including phenoxy) is 6. The molecule has 1 heterocycles. The van der Waals surface area contributed by atoms with E-state index >= 15 is 0 Å². The third kappa shape index (κ3) is 6.04. The van der Waals surface area contributed by atoms with E-state index in [0.29, 0.717) is 0 Å². The summed E-state index contributed by atoms with van der Waals surface area (Å²) in [5, 5.41) is 10.8. The Morgan fingerprint density at radius 1 is 0.732 bits per heavy atom. The van der Waals surface area contributed by atoms with Crippen LogP contribution >= 0.6 is 0 Å². The van der Waals surface area contributed by atoms with E-state index in [4.69, 9.17) is 28.4 Å². The first kappa shape index (κ1) is 29.2. The summed E-state index contributed by atoms with van der Waals surface area (Å²) in [6.07, 6.45) is -7.66. The SMILES string of the molecule is CC(=O)OC[C@H]1OC(Oc2c(O)ccc3c2C(=O)c2ccccc2C3=O)[C@H](OC(C)=O)[C@@H](OC(C)=O)[C@H]1OC(C)=O. The quantitative estimate of drug-likeness (QED) is 0.320. The van der Waals surface area contributed by atoms with Crippen LogP contribution in [0.5, 0.6) is 11.5 Å². The summed E-state index contributed by atoms with van der Waals surface area (Å²) >= 11 is 0. The van der Waals surface area contributed by atoms with Gasteiger partial charge in [0.1, 0.15) is 12.7 Å². The number of ketones is 2. The summed E-state index contributed by atoms with van der Waals surface area (Å²) in [6.45, 7) is 3.79. The van der Waals surface area contributed by atoms with Gasteiger partial charge >= 0.3 is 23.9 Å². The molecule has 216 valence electrons. The first-order chi connectivity index (χ1) is 19.4. The fourth-order valence-electron chi connectivity index (χ4n) is 4.66. The number of benzene rings is 2. The standard InChI is InChI=1S/C28H26O13/c1-12(29)36-11-20-25(37-13(2)30)26(38-14(3)31)27(39-15(4)32)28(40-20)41-24-19(33)10-9-18-21(24)23(35)17-8-6-5-7-16(17)22(18)34/h5-10,20,25-28,33H,11H2,1-4H3/t20-,25+,26+,27-,28?/m1/s1. The maximum atomic E-state index is 13.5. The third-order valence-electron chi connectivity index (χ3n) is 6.21. The van der Waals surface area contributed by atoms with Crippen LogP contribution in [0.3, 0.4) is 0 Å². The van der Waals surface area contributed by atoms with Gasteiger partial charge in [0.25, 0.3) is 0 Å². The van der Waals surface area contributed by atoms with Gasteiger partial charge in [-0.3, -0.25) is 28.8 Å². The van der Waals surface area contributed by atoms with Crippen molar-refractivity contribution in [3.05, 3.63) is 58.7 Å². The second kappa shape index (κ2) is 11.8. The largest absolute Gasteiger partial charge is 0.504 e. The van der Waals surface area contributed by atoms with E-state index in [2.05, 4.69) is 0 Å². The molecule has 0 spiro atoms. The molecule has 0 saturated carbocycles. The van der Waals surface area contributed by atoms with Crippen LogP contribution in [0.25, 0.3) is 0 Å². The number of fused-ring (bicyclic) bond motifs is 2. The Kier molecular flexibility index (Phi) is 8.38. The molecule has 4 rings (SSSR count). The Bertz CT molecular complexity index is 1430. The molecule has 0 aromatic heterocycles. The van der Waals surface area contributed by atoms with E-state index in [1.807, 2.05) is 0 Å². The Hall–Kier alpha value is -4.78. The summed E-state index contributed by atoms with van der Waals surface area (Å²) in [7, 11) is 0. The number of phenolic OH excluding ortho intramolecular Hbond substituents is 1. The van der Waals surface area contributed by atoms with Crippen LogP contribution in [0.2, 0.25) is 0 Å². The van der Waals surface area contributed by atoms with Crippen molar-refractivity contribution in [3.8, 4) is 11.5 Å². The average molecular weight is 571 g/mol. The van der Waals surface area contributed by atoms with Gasteiger partial charge in [-0.2, -0.15) is 0 Å². The van der Waals surface area contributed by atoms with Crippen LogP contribution < -0.4 is 4.74 Å². The monoisotopic (exact) mass is 570 g/mol. The number of phenols is 1. The van der Waals surface area contributed by atoms with Crippen LogP contribution in [-0.2, 0) is 42.9 Å². The second-order valence-corrected chi connectivity index (χ2v) is 9.23. The van der Waals surface area contributed by atoms with Crippen molar-refractivity contribution in [2.45, 2.75) is 58.4 Å². The van der Waals surface area contributed by atoms with Gasteiger partial charge in [0.05, 0.1) is 5.56 Å². The molecule has 1 unspecified atom stereocenters. The van der Waals surface area contributed by atoms with Gasteiger partial charge in [0.2, 0.25) is 12.4 Å². The van der Waals surface area contributed by atoms with Crippen molar-refractivity contribution in [3.63, 3.8) is 0 Å². The van der Waals surface area contributed by atoms with Gasteiger partial charge in [0.15, 0.2) is 35.3 Å². The predicted octanol–water partition coefficient (Wildman–Crippen LogP) is 1.63. The molecule has 1 aliphatic heterocycles. The number of hydrogen-bond donors (Lipinski definition) is 1. The first-order valence-electron chi connectivity index (χ1n) is 12.4. The highest BCUT2D eigenvalue weighted by Crippen LogP contribution is 2.41. The number of esters is 4. The van der Waals surface area contributed by atoms with Crippen molar-refractivity contribution in [1.29, 1.82) is 0 Å². The Labute approximate surface area is 233 Å². The summed E-state index contributed by atoms with van der Waals surface area (Å²) in [4.78, 5) is 74.3. The van der Waals surface area contributed by atoms with Gasteiger partial charge in [-0.1, -0.05) is 24.3 Å².